The zero-order valence-electron chi connectivity index (χ0n) is 8.25. The van der Waals surface area contributed by atoms with Crippen molar-refractivity contribution in [3.8, 4) is 0 Å². The minimum Gasteiger partial charge on any atom is -0.481 e. The lowest BCUT2D eigenvalue weighted by atomic mass is 9.86. The van der Waals surface area contributed by atoms with Crippen LogP contribution in [0.5, 0.6) is 0 Å². The van der Waals surface area contributed by atoms with Crippen LogP contribution in [0.15, 0.2) is 24.3 Å². The van der Waals surface area contributed by atoms with Crippen LogP contribution in [0.4, 0.5) is 0 Å². The van der Waals surface area contributed by atoms with Gasteiger partial charge in [-0.15, -0.1) is 0 Å². The third-order valence-electron chi connectivity index (χ3n) is 2.17. The van der Waals surface area contributed by atoms with Crippen molar-refractivity contribution >= 4 is 17.6 Å². The molecule has 1 aromatic carbocycles. The molecule has 0 aromatic heterocycles. The van der Waals surface area contributed by atoms with Gasteiger partial charge in [-0.2, -0.15) is 0 Å². The van der Waals surface area contributed by atoms with Gasteiger partial charge in [0.1, 0.15) is 0 Å². The molecule has 0 aliphatic heterocycles. The highest BCUT2D eigenvalue weighted by molar-refractivity contribution is 6.31. The Hall–Kier alpha value is -1.02. The summed E-state index contributed by atoms with van der Waals surface area (Å²) < 4.78 is 0. The summed E-state index contributed by atoms with van der Waals surface area (Å²) in [5.74, 6) is -0.808. The van der Waals surface area contributed by atoms with E-state index in [1.165, 1.54) is 0 Å². The van der Waals surface area contributed by atoms with Gasteiger partial charge in [-0.05, 0) is 31.9 Å². The normalized spacial score (nSPS) is 11.4. The van der Waals surface area contributed by atoms with E-state index in [0.717, 1.165) is 5.56 Å². The van der Waals surface area contributed by atoms with Gasteiger partial charge in [-0.1, -0.05) is 29.8 Å². The molecule has 76 valence electrons. The molecule has 0 saturated carbocycles. The molecule has 0 aliphatic carbocycles. The Morgan fingerprint density at radius 1 is 1.43 bits per heavy atom. The smallest absolute Gasteiger partial charge is 0.309 e. The first-order chi connectivity index (χ1) is 6.43. The predicted molar refractivity (Wildman–Crippen MR) is 56.6 cm³/mol. The summed E-state index contributed by atoms with van der Waals surface area (Å²) in [7, 11) is 0. The van der Waals surface area contributed by atoms with E-state index in [-0.39, 0.29) is 0 Å². The molecule has 0 fully saturated rings. The number of carbonyl (C=O) groups is 1. The number of benzene rings is 1. The van der Waals surface area contributed by atoms with Crippen molar-refractivity contribution in [2.75, 3.05) is 0 Å². The van der Waals surface area contributed by atoms with Gasteiger partial charge in [-0.25, -0.2) is 0 Å². The molecule has 0 radical (unpaired) electrons. The Morgan fingerprint density at radius 2 is 2.00 bits per heavy atom. The van der Waals surface area contributed by atoms with Gasteiger partial charge >= 0.3 is 5.97 Å². The monoisotopic (exact) mass is 212 g/mol. The van der Waals surface area contributed by atoms with Crippen molar-refractivity contribution in [2.24, 2.45) is 5.41 Å². The van der Waals surface area contributed by atoms with Crippen molar-refractivity contribution in [3.05, 3.63) is 34.9 Å². The molecule has 0 atom stereocenters. The van der Waals surface area contributed by atoms with E-state index < -0.39 is 11.4 Å². The van der Waals surface area contributed by atoms with Gasteiger partial charge in [0.25, 0.3) is 0 Å². The second-order valence-electron chi connectivity index (χ2n) is 3.96. The Labute approximate surface area is 88.5 Å². The maximum absolute atomic E-state index is 10.9. The maximum Gasteiger partial charge on any atom is 0.309 e. The summed E-state index contributed by atoms with van der Waals surface area (Å²) in [4.78, 5) is 10.9. The summed E-state index contributed by atoms with van der Waals surface area (Å²) in [6.07, 6.45) is 0.446. The highest BCUT2D eigenvalue weighted by atomic mass is 35.5. The van der Waals surface area contributed by atoms with Crippen LogP contribution in [0.1, 0.15) is 19.4 Å². The molecule has 0 aliphatic rings. The van der Waals surface area contributed by atoms with Gasteiger partial charge in [0.2, 0.25) is 0 Å². The second kappa shape index (κ2) is 4.01. The summed E-state index contributed by atoms with van der Waals surface area (Å²) in [6, 6.07) is 7.32. The SMILES string of the molecule is CC(C)(Cc1ccccc1Cl)C(=O)O. The van der Waals surface area contributed by atoms with Crippen LogP contribution in [0.25, 0.3) is 0 Å². The molecular weight excluding hydrogens is 200 g/mol. The van der Waals surface area contributed by atoms with E-state index in [9.17, 15) is 4.79 Å². The molecule has 2 nitrogen and oxygen atoms in total. The van der Waals surface area contributed by atoms with E-state index in [4.69, 9.17) is 16.7 Å². The lowest BCUT2D eigenvalue weighted by Crippen LogP contribution is -2.26. The van der Waals surface area contributed by atoms with E-state index in [0.29, 0.717) is 11.4 Å². The Kier molecular flexibility index (Phi) is 3.17. The highest BCUT2D eigenvalue weighted by Gasteiger charge is 2.27. The molecule has 1 aromatic rings. The first-order valence-electron chi connectivity index (χ1n) is 4.40. The van der Waals surface area contributed by atoms with Crippen LogP contribution < -0.4 is 0 Å². The van der Waals surface area contributed by atoms with Crippen molar-refractivity contribution in [2.45, 2.75) is 20.3 Å². The van der Waals surface area contributed by atoms with E-state index in [2.05, 4.69) is 0 Å². The summed E-state index contributed by atoms with van der Waals surface area (Å²) in [6.45, 7) is 3.39. The van der Waals surface area contributed by atoms with E-state index in [1.54, 1.807) is 19.9 Å². The maximum atomic E-state index is 10.9. The minimum atomic E-state index is -0.808. The first-order valence-corrected chi connectivity index (χ1v) is 4.78. The number of halogens is 1. The van der Waals surface area contributed by atoms with Crippen LogP contribution in [-0.4, -0.2) is 11.1 Å². The van der Waals surface area contributed by atoms with Crippen molar-refractivity contribution in [1.82, 2.24) is 0 Å². The molecule has 0 unspecified atom stereocenters. The topological polar surface area (TPSA) is 37.3 Å². The predicted octanol–water partition coefficient (Wildman–Crippen LogP) is 2.99. The van der Waals surface area contributed by atoms with Gasteiger partial charge < -0.3 is 5.11 Å². The Balaban J connectivity index is 2.89. The van der Waals surface area contributed by atoms with Gasteiger partial charge in [-0.3, -0.25) is 4.79 Å². The fourth-order valence-electron chi connectivity index (χ4n) is 1.19. The standard InChI is InChI=1S/C11H13ClO2/c1-11(2,10(13)14)7-8-5-3-4-6-9(8)12/h3-6H,7H2,1-2H3,(H,13,14). The fraction of sp³-hybridized carbons (Fsp3) is 0.364. The van der Waals surface area contributed by atoms with E-state index >= 15 is 0 Å². The average molecular weight is 213 g/mol. The number of aliphatic carboxylic acids is 1. The van der Waals surface area contributed by atoms with Crippen LogP contribution in [-0.2, 0) is 11.2 Å². The minimum absolute atomic E-state index is 0.446. The molecule has 0 heterocycles. The zero-order valence-corrected chi connectivity index (χ0v) is 9.01. The Morgan fingerprint density at radius 3 is 2.50 bits per heavy atom. The number of hydrogen-bond acceptors (Lipinski definition) is 1. The van der Waals surface area contributed by atoms with Gasteiger partial charge in [0.15, 0.2) is 0 Å². The quantitative estimate of drug-likeness (QED) is 0.837. The number of hydrogen-bond donors (Lipinski definition) is 1. The lowest BCUT2D eigenvalue weighted by molar-refractivity contribution is -0.146. The van der Waals surface area contributed by atoms with E-state index in [1.807, 2.05) is 18.2 Å². The third kappa shape index (κ3) is 2.48. The largest absolute Gasteiger partial charge is 0.481 e. The first kappa shape index (κ1) is 11.1. The molecule has 0 amide bonds. The average Bonchev–Trinajstić information content (AvgIpc) is 2.08. The molecule has 14 heavy (non-hydrogen) atoms. The molecule has 1 N–H and O–H groups in total. The third-order valence-corrected chi connectivity index (χ3v) is 2.54. The summed E-state index contributed by atoms with van der Waals surface area (Å²) in [5, 5.41) is 9.58. The van der Waals surface area contributed by atoms with Crippen molar-refractivity contribution in [3.63, 3.8) is 0 Å². The molecular formula is C11H13ClO2. The fourth-order valence-corrected chi connectivity index (χ4v) is 1.40. The number of carboxylic acids is 1. The molecule has 0 saturated heterocycles. The van der Waals surface area contributed by atoms with Crippen LogP contribution >= 0.6 is 11.6 Å². The van der Waals surface area contributed by atoms with Crippen LogP contribution in [0.3, 0.4) is 0 Å². The Bertz CT molecular complexity index is 345. The molecule has 1 rings (SSSR count). The molecule has 3 heteroatoms. The number of carboxylic acid groups (broad SMARTS) is 1. The van der Waals surface area contributed by atoms with Gasteiger partial charge in [0, 0.05) is 5.02 Å². The van der Waals surface area contributed by atoms with Crippen molar-refractivity contribution in [1.29, 1.82) is 0 Å². The summed E-state index contributed by atoms with van der Waals surface area (Å²) in [5.41, 5.74) is 0.104. The van der Waals surface area contributed by atoms with Crippen LogP contribution in [0, 0.1) is 5.41 Å². The lowest BCUT2D eigenvalue weighted by Gasteiger charge is -2.19. The summed E-state index contributed by atoms with van der Waals surface area (Å²) >= 11 is 5.94. The van der Waals surface area contributed by atoms with Crippen LogP contribution in [0.2, 0.25) is 5.02 Å². The van der Waals surface area contributed by atoms with Gasteiger partial charge in [0.05, 0.1) is 5.41 Å². The zero-order chi connectivity index (χ0) is 10.8. The number of rotatable bonds is 3. The van der Waals surface area contributed by atoms with Crippen molar-refractivity contribution < 1.29 is 9.90 Å². The second-order valence-corrected chi connectivity index (χ2v) is 4.36. The molecule has 0 spiro atoms. The molecule has 0 bridgehead atoms. The highest BCUT2D eigenvalue weighted by Crippen LogP contribution is 2.26.